The van der Waals surface area contributed by atoms with E-state index in [-0.39, 0.29) is 12.6 Å². The van der Waals surface area contributed by atoms with Crippen molar-refractivity contribution in [1.82, 2.24) is 0 Å². The Labute approximate surface area is 176 Å². The van der Waals surface area contributed by atoms with Crippen molar-refractivity contribution in [1.29, 1.82) is 0 Å². The van der Waals surface area contributed by atoms with E-state index in [0.717, 1.165) is 21.2 Å². The lowest BCUT2D eigenvalue weighted by Crippen LogP contribution is -2.03. The molecule has 1 heterocycles. The summed E-state index contributed by atoms with van der Waals surface area (Å²) in [6.45, 7) is 0.632. The van der Waals surface area contributed by atoms with Crippen molar-refractivity contribution in [2.45, 2.75) is 6.61 Å². The Morgan fingerprint density at radius 2 is 1.75 bits per heavy atom. The minimum atomic E-state index is -0.350. The van der Waals surface area contributed by atoms with Gasteiger partial charge in [0.05, 0.1) is 5.57 Å². The molecule has 0 amide bonds. The van der Waals surface area contributed by atoms with Crippen LogP contribution in [0.25, 0.3) is 11.1 Å². The summed E-state index contributed by atoms with van der Waals surface area (Å²) in [7, 11) is 0. The zero-order chi connectivity index (χ0) is 19.5. The summed E-state index contributed by atoms with van der Waals surface area (Å²) >= 11 is 9.49. The smallest absolute Gasteiger partial charge is 0.339 e. The van der Waals surface area contributed by atoms with Crippen molar-refractivity contribution in [3.8, 4) is 5.75 Å². The minimum Gasteiger partial charge on any atom is -0.488 e. The number of hydrogen-bond donors (Lipinski definition) is 0. The van der Waals surface area contributed by atoms with Crippen LogP contribution in [0, 0.1) is 0 Å². The summed E-state index contributed by atoms with van der Waals surface area (Å²) in [6.07, 6.45) is 0. The van der Waals surface area contributed by atoms with Gasteiger partial charge in [-0.15, -0.1) is 0 Å². The lowest BCUT2D eigenvalue weighted by molar-refractivity contribution is -0.133. The molecule has 0 radical (unpaired) electrons. The zero-order valence-electron chi connectivity index (χ0n) is 14.8. The number of carbonyl (C=O) groups is 1. The Kier molecular flexibility index (Phi) is 5.51. The van der Waals surface area contributed by atoms with Crippen LogP contribution < -0.4 is 4.74 Å². The maximum Gasteiger partial charge on any atom is 0.339 e. The Balaban J connectivity index is 1.75. The number of cyclic esters (lactones) is 1. The molecular formula is C23H16BrClO3. The van der Waals surface area contributed by atoms with Gasteiger partial charge in [0, 0.05) is 20.6 Å². The lowest BCUT2D eigenvalue weighted by Gasteiger charge is -2.13. The number of halogens is 2. The van der Waals surface area contributed by atoms with Crippen LogP contribution in [0.4, 0.5) is 0 Å². The van der Waals surface area contributed by atoms with Crippen LogP contribution in [0.3, 0.4) is 0 Å². The van der Waals surface area contributed by atoms with Gasteiger partial charge in [0.2, 0.25) is 0 Å². The number of benzene rings is 3. The van der Waals surface area contributed by atoms with E-state index in [0.29, 0.717) is 28.5 Å². The largest absolute Gasteiger partial charge is 0.488 e. The summed E-state index contributed by atoms with van der Waals surface area (Å²) in [5.41, 5.74) is 4.02. The number of carbonyl (C=O) groups excluding carboxylic acids is 1. The molecule has 3 aromatic carbocycles. The predicted octanol–water partition coefficient (Wildman–Crippen LogP) is 6.15. The van der Waals surface area contributed by atoms with Crippen molar-refractivity contribution in [2.24, 2.45) is 0 Å². The van der Waals surface area contributed by atoms with Gasteiger partial charge in [-0.25, -0.2) is 4.79 Å². The van der Waals surface area contributed by atoms with Gasteiger partial charge in [0.25, 0.3) is 0 Å². The van der Waals surface area contributed by atoms with E-state index >= 15 is 0 Å². The van der Waals surface area contributed by atoms with Gasteiger partial charge in [0.15, 0.2) is 0 Å². The van der Waals surface area contributed by atoms with Gasteiger partial charge in [-0.05, 0) is 41.5 Å². The van der Waals surface area contributed by atoms with Crippen LogP contribution in [0.1, 0.15) is 16.7 Å². The SMILES string of the molecule is O=C1OCC(c2ccc(Cl)cc2)=C1c1ccc(Br)cc1OCc1ccccc1. The first-order valence-electron chi connectivity index (χ1n) is 8.74. The maximum atomic E-state index is 12.6. The standard InChI is InChI=1S/C23H16BrClO3/c24-17-8-11-19(21(12-17)27-13-15-4-2-1-3-5-15)22-20(14-28-23(22)26)16-6-9-18(25)10-7-16/h1-12H,13-14H2. The van der Waals surface area contributed by atoms with E-state index in [1.165, 1.54) is 0 Å². The zero-order valence-corrected chi connectivity index (χ0v) is 17.2. The molecule has 0 saturated heterocycles. The topological polar surface area (TPSA) is 35.5 Å². The second-order valence-corrected chi connectivity index (χ2v) is 7.70. The molecule has 0 N–H and O–H groups in total. The molecule has 0 atom stereocenters. The van der Waals surface area contributed by atoms with Crippen molar-refractivity contribution >= 4 is 44.6 Å². The lowest BCUT2D eigenvalue weighted by atomic mass is 9.96. The van der Waals surface area contributed by atoms with E-state index in [4.69, 9.17) is 21.1 Å². The van der Waals surface area contributed by atoms with Crippen LogP contribution >= 0.6 is 27.5 Å². The minimum absolute atomic E-state index is 0.226. The molecule has 0 fully saturated rings. The molecule has 0 unspecified atom stereocenters. The first-order chi connectivity index (χ1) is 13.6. The third-order valence-corrected chi connectivity index (χ3v) is 5.24. The van der Waals surface area contributed by atoms with Gasteiger partial charge >= 0.3 is 5.97 Å². The predicted molar refractivity (Wildman–Crippen MR) is 114 cm³/mol. The monoisotopic (exact) mass is 454 g/mol. The highest BCUT2D eigenvalue weighted by Gasteiger charge is 2.29. The van der Waals surface area contributed by atoms with E-state index in [2.05, 4.69) is 15.9 Å². The number of ether oxygens (including phenoxy) is 2. The molecule has 0 aliphatic carbocycles. The molecule has 1 aliphatic rings. The van der Waals surface area contributed by atoms with E-state index in [9.17, 15) is 4.79 Å². The molecule has 0 saturated carbocycles. The molecule has 1 aliphatic heterocycles. The summed E-state index contributed by atoms with van der Waals surface area (Å²) in [4.78, 5) is 12.6. The molecular weight excluding hydrogens is 440 g/mol. The number of rotatable bonds is 5. The normalized spacial score (nSPS) is 13.6. The Morgan fingerprint density at radius 3 is 2.50 bits per heavy atom. The van der Waals surface area contributed by atoms with Crippen molar-refractivity contribution < 1.29 is 14.3 Å². The van der Waals surface area contributed by atoms with Gasteiger partial charge in [-0.1, -0.05) is 70.0 Å². The quantitative estimate of drug-likeness (QED) is 0.433. The summed E-state index contributed by atoms with van der Waals surface area (Å²) in [6, 6.07) is 22.9. The third kappa shape index (κ3) is 3.98. The highest BCUT2D eigenvalue weighted by Crippen LogP contribution is 2.38. The van der Waals surface area contributed by atoms with Gasteiger partial charge in [-0.2, -0.15) is 0 Å². The van der Waals surface area contributed by atoms with Gasteiger partial charge < -0.3 is 9.47 Å². The molecule has 140 valence electrons. The van der Waals surface area contributed by atoms with Crippen LogP contribution in [0.15, 0.2) is 77.3 Å². The molecule has 0 spiro atoms. The third-order valence-electron chi connectivity index (χ3n) is 4.50. The van der Waals surface area contributed by atoms with Crippen molar-refractivity contribution in [3.05, 3.63) is 99.0 Å². The van der Waals surface area contributed by atoms with Crippen LogP contribution in [0.5, 0.6) is 5.75 Å². The second kappa shape index (κ2) is 8.21. The molecule has 0 aromatic heterocycles. The van der Waals surface area contributed by atoms with Crippen LogP contribution in [-0.4, -0.2) is 12.6 Å². The average molecular weight is 456 g/mol. The summed E-state index contributed by atoms with van der Waals surface area (Å²) in [5.74, 6) is 0.273. The first-order valence-corrected chi connectivity index (χ1v) is 9.92. The van der Waals surface area contributed by atoms with E-state index in [1.54, 1.807) is 12.1 Å². The molecule has 3 aromatic rings. The van der Waals surface area contributed by atoms with Gasteiger partial charge in [-0.3, -0.25) is 0 Å². The molecule has 0 bridgehead atoms. The molecule has 4 rings (SSSR count). The molecule has 5 heteroatoms. The fraction of sp³-hybridized carbons (Fsp3) is 0.0870. The molecule has 28 heavy (non-hydrogen) atoms. The number of esters is 1. The summed E-state index contributed by atoms with van der Waals surface area (Å²) in [5, 5.41) is 0.645. The number of hydrogen-bond acceptors (Lipinski definition) is 3. The van der Waals surface area contributed by atoms with E-state index < -0.39 is 0 Å². The summed E-state index contributed by atoms with van der Waals surface area (Å²) < 4.78 is 12.3. The Bertz CT molecular complexity index is 1040. The highest BCUT2D eigenvalue weighted by atomic mass is 79.9. The van der Waals surface area contributed by atoms with Crippen LogP contribution in [-0.2, 0) is 16.1 Å². The Hall–Kier alpha value is -2.56. The maximum absolute atomic E-state index is 12.6. The van der Waals surface area contributed by atoms with E-state index in [1.807, 2.05) is 60.7 Å². The van der Waals surface area contributed by atoms with Crippen LogP contribution in [0.2, 0.25) is 5.02 Å². The van der Waals surface area contributed by atoms with Crippen molar-refractivity contribution in [3.63, 3.8) is 0 Å². The highest BCUT2D eigenvalue weighted by molar-refractivity contribution is 9.10. The second-order valence-electron chi connectivity index (χ2n) is 6.35. The average Bonchev–Trinajstić information content (AvgIpc) is 3.09. The fourth-order valence-corrected chi connectivity index (χ4v) is 3.58. The Morgan fingerprint density at radius 1 is 1.00 bits per heavy atom. The van der Waals surface area contributed by atoms with Crippen molar-refractivity contribution in [2.75, 3.05) is 6.61 Å². The fourth-order valence-electron chi connectivity index (χ4n) is 3.11. The first kappa shape index (κ1) is 18.8. The molecule has 3 nitrogen and oxygen atoms in total. The van der Waals surface area contributed by atoms with Gasteiger partial charge in [0.1, 0.15) is 19.0 Å².